The molecule has 1 N–H and O–H groups in total. The van der Waals surface area contributed by atoms with Crippen LogP contribution in [0.1, 0.15) is 42.5 Å². The molecule has 2 bridgehead atoms. The molecule has 2 unspecified atom stereocenters. The number of halogens is 2. The first kappa shape index (κ1) is 15.0. The van der Waals surface area contributed by atoms with Crippen molar-refractivity contribution in [1.29, 1.82) is 0 Å². The Hall–Kier alpha value is -0.910. The fourth-order valence-electron chi connectivity index (χ4n) is 3.51. The average Bonchev–Trinajstić information content (AvgIpc) is 2.42. The van der Waals surface area contributed by atoms with Crippen molar-refractivity contribution in [1.82, 2.24) is 20.4 Å². The first-order chi connectivity index (χ1) is 10.0. The smallest absolute Gasteiger partial charge is 0.254 e. The van der Waals surface area contributed by atoms with Gasteiger partial charge >= 0.3 is 0 Å². The van der Waals surface area contributed by atoms with Gasteiger partial charge in [0.05, 0.1) is 5.56 Å². The number of carbonyl (C=O) groups excluding carboxylic acids is 1. The molecule has 0 aliphatic carbocycles. The van der Waals surface area contributed by atoms with Gasteiger partial charge in [0.2, 0.25) is 0 Å². The van der Waals surface area contributed by atoms with Gasteiger partial charge in [0.25, 0.3) is 5.91 Å². The molecule has 1 aromatic rings. The summed E-state index contributed by atoms with van der Waals surface area (Å²) >= 11 is 11.7. The molecule has 2 fully saturated rings. The summed E-state index contributed by atoms with van der Waals surface area (Å²) in [5.41, 5.74) is 0.292. The monoisotopic (exact) mass is 328 g/mol. The highest BCUT2D eigenvalue weighted by Gasteiger charge is 2.36. The highest BCUT2D eigenvalue weighted by Crippen LogP contribution is 2.32. The van der Waals surface area contributed by atoms with Crippen molar-refractivity contribution in [3.63, 3.8) is 0 Å². The summed E-state index contributed by atoms with van der Waals surface area (Å²) in [6.45, 7) is 0. The molecule has 1 amide bonds. The molecule has 1 aromatic heterocycles. The third-order valence-corrected chi connectivity index (χ3v) is 5.10. The number of rotatable bonds is 2. The van der Waals surface area contributed by atoms with Gasteiger partial charge in [-0.15, -0.1) is 10.2 Å². The van der Waals surface area contributed by atoms with Crippen LogP contribution in [0.4, 0.5) is 0 Å². The lowest BCUT2D eigenvalue weighted by molar-refractivity contribution is 0.0463. The Morgan fingerprint density at radius 3 is 2.62 bits per heavy atom. The summed E-state index contributed by atoms with van der Waals surface area (Å²) in [6, 6.07) is 2.78. The molecular formula is C14H18Cl2N4O. The Morgan fingerprint density at radius 2 is 1.95 bits per heavy atom. The van der Waals surface area contributed by atoms with E-state index >= 15 is 0 Å². The Kier molecular flexibility index (Phi) is 4.33. The van der Waals surface area contributed by atoms with E-state index in [1.54, 1.807) is 0 Å². The molecule has 0 radical (unpaired) electrons. The number of aromatic nitrogens is 2. The van der Waals surface area contributed by atoms with Crippen molar-refractivity contribution < 1.29 is 4.79 Å². The van der Waals surface area contributed by atoms with Gasteiger partial charge < -0.3 is 10.2 Å². The van der Waals surface area contributed by atoms with Gasteiger partial charge in [0, 0.05) is 18.1 Å². The Labute approximate surface area is 134 Å². The van der Waals surface area contributed by atoms with Crippen LogP contribution in [0, 0.1) is 0 Å². The van der Waals surface area contributed by atoms with Crippen molar-refractivity contribution in [2.24, 2.45) is 0 Å². The minimum absolute atomic E-state index is 0.0880. The molecule has 2 atom stereocenters. The zero-order valence-electron chi connectivity index (χ0n) is 11.9. The molecule has 2 saturated heterocycles. The van der Waals surface area contributed by atoms with Crippen LogP contribution in [-0.2, 0) is 0 Å². The summed E-state index contributed by atoms with van der Waals surface area (Å²) in [5, 5.41) is 10.6. The largest absolute Gasteiger partial charge is 0.349 e. The highest BCUT2D eigenvalue weighted by molar-refractivity contribution is 6.34. The molecule has 3 rings (SSSR count). The van der Waals surface area contributed by atoms with Gasteiger partial charge in [-0.3, -0.25) is 4.79 Å². The SMILES string of the molecule is CN1C2CCCC1CC(NC(=O)c1cc(Cl)nnc1Cl)C2. The third kappa shape index (κ3) is 3.15. The predicted molar refractivity (Wildman–Crippen MR) is 81.7 cm³/mol. The number of hydrogen-bond donors (Lipinski definition) is 1. The van der Waals surface area contributed by atoms with E-state index in [0.29, 0.717) is 17.6 Å². The Bertz CT molecular complexity index is 540. The zero-order valence-corrected chi connectivity index (χ0v) is 13.4. The summed E-state index contributed by atoms with van der Waals surface area (Å²) in [5.74, 6) is -0.218. The van der Waals surface area contributed by atoms with Gasteiger partial charge in [-0.25, -0.2) is 0 Å². The minimum Gasteiger partial charge on any atom is -0.349 e. The standard InChI is InChI=1S/C14H18Cl2N4O/c1-20-9-3-2-4-10(20)6-8(5-9)17-14(21)11-7-12(15)18-19-13(11)16/h7-10H,2-6H2,1H3,(H,17,21). The molecule has 0 spiro atoms. The molecule has 3 heterocycles. The van der Waals surface area contributed by atoms with E-state index in [1.165, 1.54) is 25.3 Å². The van der Waals surface area contributed by atoms with Crippen LogP contribution in [0.25, 0.3) is 0 Å². The van der Waals surface area contributed by atoms with E-state index < -0.39 is 0 Å². The summed E-state index contributed by atoms with van der Waals surface area (Å²) in [7, 11) is 2.19. The van der Waals surface area contributed by atoms with Gasteiger partial charge in [-0.2, -0.15) is 0 Å². The maximum absolute atomic E-state index is 12.4. The van der Waals surface area contributed by atoms with E-state index in [1.807, 2.05) is 0 Å². The lowest BCUT2D eigenvalue weighted by Gasteiger charge is -2.47. The van der Waals surface area contributed by atoms with Crippen LogP contribution >= 0.6 is 23.2 Å². The van der Waals surface area contributed by atoms with Crippen molar-refractivity contribution in [2.75, 3.05) is 7.05 Å². The summed E-state index contributed by atoms with van der Waals surface area (Å²) in [4.78, 5) is 14.8. The molecule has 2 aliphatic heterocycles. The minimum atomic E-state index is -0.218. The lowest BCUT2D eigenvalue weighted by atomic mass is 9.82. The predicted octanol–water partition coefficient (Wildman–Crippen LogP) is 2.53. The summed E-state index contributed by atoms with van der Waals surface area (Å²) in [6.07, 6.45) is 5.69. The number of fused-ring (bicyclic) bond motifs is 2. The molecule has 7 heteroatoms. The van der Waals surface area contributed by atoms with E-state index in [-0.39, 0.29) is 22.3 Å². The van der Waals surface area contributed by atoms with Gasteiger partial charge in [-0.1, -0.05) is 29.6 Å². The second kappa shape index (κ2) is 6.07. The van der Waals surface area contributed by atoms with E-state index in [2.05, 4.69) is 27.5 Å². The fraction of sp³-hybridized carbons (Fsp3) is 0.643. The number of amides is 1. The molecule has 0 aromatic carbocycles. The van der Waals surface area contributed by atoms with Crippen molar-refractivity contribution in [3.05, 3.63) is 21.9 Å². The molecule has 114 valence electrons. The lowest BCUT2D eigenvalue weighted by Crippen LogP contribution is -2.55. The fourth-order valence-corrected chi connectivity index (χ4v) is 3.83. The third-order valence-electron chi connectivity index (χ3n) is 4.64. The Morgan fingerprint density at radius 1 is 1.29 bits per heavy atom. The van der Waals surface area contributed by atoms with Crippen LogP contribution in [-0.4, -0.2) is 46.2 Å². The summed E-state index contributed by atoms with van der Waals surface area (Å²) < 4.78 is 0. The van der Waals surface area contributed by atoms with Crippen molar-refractivity contribution in [2.45, 2.75) is 50.2 Å². The van der Waals surface area contributed by atoms with Gasteiger partial charge in [0.1, 0.15) is 0 Å². The number of carbonyl (C=O) groups is 1. The van der Waals surface area contributed by atoms with E-state index in [9.17, 15) is 4.79 Å². The molecule has 21 heavy (non-hydrogen) atoms. The highest BCUT2D eigenvalue weighted by atomic mass is 35.5. The maximum atomic E-state index is 12.4. The van der Waals surface area contributed by atoms with Crippen LogP contribution in [0.5, 0.6) is 0 Å². The molecule has 5 nitrogen and oxygen atoms in total. The number of piperidine rings is 2. The first-order valence-corrected chi connectivity index (χ1v) is 8.01. The second-order valence-electron chi connectivity index (χ2n) is 5.92. The van der Waals surface area contributed by atoms with Crippen LogP contribution in [0.2, 0.25) is 10.3 Å². The van der Waals surface area contributed by atoms with E-state index in [4.69, 9.17) is 23.2 Å². The van der Waals surface area contributed by atoms with Crippen LogP contribution < -0.4 is 5.32 Å². The van der Waals surface area contributed by atoms with Crippen molar-refractivity contribution in [3.8, 4) is 0 Å². The first-order valence-electron chi connectivity index (χ1n) is 7.26. The second-order valence-corrected chi connectivity index (χ2v) is 6.66. The molecular weight excluding hydrogens is 311 g/mol. The normalized spacial score (nSPS) is 29.2. The number of nitrogens with one attached hydrogen (secondary N) is 1. The zero-order chi connectivity index (χ0) is 15.0. The Balaban J connectivity index is 1.69. The quantitative estimate of drug-likeness (QED) is 0.906. The average molecular weight is 329 g/mol. The van der Waals surface area contributed by atoms with Gasteiger partial charge in [-0.05, 0) is 38.8 Å². The number of nitrogens with zero attached hydrogens (tertiary/aromatic N) is 3. The topological polar surface area (TPSA) is 58.1 Å². The van der Waals surface area contributed by atoms with Crippen LogP contribution in [0.15, 0.2) is 6.07 Å². The number of hydrogen-bond acceptors (Lipinski definition) is 4. The molecule has 2 aliphatic rings. The van der Waals surface area contributed by atoms with E-state index in [0.717, 1.165) is 12.8 Å². The van der Waals surface area contributed by atoms with Crippen LogP contribution in [0.3, 0.4) is 0 Å². The van der Waals surface area contributed by atoms with Crippen molar-refractivity contribution >= 4 is 29.1 Å². The maximum Gasteiger partial charge on any atom is 0.254 e. The molecule has 0 saturated carbocycles. The van der Waals surface area contributed by atoms with Gasteiger partial charge in [0.15, 0.2) is 10.3 Å².